The maximum Gasteiger partial charge on any atom is 0.305 e. The molecule has 0 bridgehead atoms. The van der Waals surface area contributed by atoms with Crippen LogP contribution in [0.5, 0.6) is 0 Å². The van der Waals surface area contributed by atoms with Gasteiger partial charge in [-0.25, -0.2) is 4.98 Å². The van der Waals surface area contributed by atoms with Crippen LogP contribution in [0.25, 0.3) is 0 Å². The molecule has 0 saturated carbocycles. The number of carboxylic acid groups (broad SMARTS) is 1. The molecule has 0 aliphatic heterocycles. The van der Waals surface area contributed by atoms with E-state index in [4.69, 9.17) is 5.11 Å². The highest BCUT2D eigenvalue weighted by Gasteiger charge is 2.15. The van der Waals surface area contributed by atoms with Crippen molar-refractivity contribution in [2.75, 3.05) is 0 Å². The van der Waals surface area contributed by atoms with Crippen LogP contribution in [-0.4, -0.2) is 28.0 Å². The van der Waals surface area contributed by atoms with Crippen molar-refractivity contribution in [2.45, 2.75) is 25.8 Å². The van der Waals surface area contributed by atoms with Crippen molar-refractivity contribution in [2.24, 2.45) is 0 Å². The number of hydrogen-bond donors (Lipinski definition) is 2. The molecule has 92 valence electrons. The first-order valence-electron chi connectivity index (χ1n) is 5.17. The van der Waals surface area contributed by atoms with Crippen LogP contribution >= 0.6 is 15.9 Å². The Bertz CT molecular complexity index is 423. The first-order valence-corrected chi connectivity index (χ1v) is 5.96. The molecule has 0 radical (unpaired) electrons. The zero-order chi connectivity index (χ0) is 12.8. The lowest BCUT2D eigenvalue weighted by atomic mass is 10.1. The maximum atomic E-state index is 11.8. The van der Waals surface area contributed by atoms with Crippen molar-refractivity contribution < 1.29 is 14.7 Å². The Hall–Kier alpha value is -1.43. The molecule has 2 N–H and O–H groups in total. The largest absolute Gasteiger partial charge is 0.481 e. The zero-order valence-electron chi connectivity index (χ0n) is 9.31. The summed E-state index contributed by atoms with van der Waals surface area (Å²) in [6, 6.07) is 2.81. The van der Waals surface area contributed by atoms with Crippen molar-refractivity contribution in [1.29, 1.82) is 0 Å². The third kappa shape index (κ3) is 4.52. The normalized spacial score (nSPS) is 11.9. The van der Waals surface area contributed by atoms with Crippen LogP contribution in [0.2, 0.25) is 0 Å². The molecule has 1 unspecified atom stereocenters. The highest BCUT2D eigenvalue weighted by atomic mass is 79.9. The van der Waals surface area contributed by atoms with Gasteiger partial charge in [-0.05, 0) is 34.5 Å². The second kappa shape index (κ2) is 6.34. The van der Waals surface area contributed by atoms with E-state index in [0.29, 0.717) is 16.6 Å². The van der Waals surface area contributed by atoms with Gasteiger partial charge in [-0.1, -0.05) is 6.92 Å². The summed E-state index contributed by atoms with van der Waals surface area (Å²) in [5, 5.41) is 11.3. The second-order valence-electron chi connectivity index (χ2n) is 3.54. The van der Waals surface area contributed by atoms with Gasteiger partial charge in [-0.2, -0.15) is 0 Å². The van der Waals surface area contributed by atoms with Crippen LogP contribution in [0.4, 0.5) is 0 Å². The fourth-order valence-electron chi connectivity index (χ4n) is 1.32. The molecule has 0 saturated heterocycles. The molecule has 0 spiro atoms. The molecule has 1 aromatic heterocycles. The number of hydrogen-bond acceptors (Lipinski definition) is 3. The molecule has 1 heterocycles. The zero-order valence-corrected chi connectivity index (χ0v) is 10.9. The number of aromatic nitrogens is 1. The molecule has 1 aromatic rings. The standard InChI is InChI=1S/C11H13BrN2O3/c1-2-8(6-10(15)16)14-11(17)7-3-4-13-9(12)5-7/h3-5,8H,2,6H2,1H3,(H,14,17)(H,15,16). The molecule has 1 amide bonds. The van der Waals surface area contributed by atoms with Gasteiger partial charge in [0.2, 0.25) is 0 Å². The fourth-order valence-corrected chi connectivity index (χ4v) is 1.69. The number of amides is 1. The molecule has 1 atom stereocenters. The van der Waals surface area contributed by atoms with Crippen molar-refractivity contribution in [1.82, 2.24) is 10.3 Å². The smallest absolute Gasteiger partial charge is 0.305 e. The van der Waals surface area contributed by atoms with Crippen LogP contribution in [0.1, 0.15) is 30.1 Å². The van der Waals surface area contributed by atoms with Crippen LogP contribution in [0.3, 0.4) is 0 Å². The highest BCUT2D eigenvalue weighted by Crippen LogP contribution is 2.09. The van der Waals surface area contributed by atoms with Gasteiger partial charge in [-0.15, -0.1) is 0 Å². The predicted molar refractivity (Wildman–Crippen MR) is 65.7 cm³/mol. The minimum atomic E-state index is -0.923. The summed E-state index contributed by atoms with van der Waals surface area (Å²) in [5.74, 6) is -1.21. The summed E-state index contributed by atoms with van der Waals surface area (Å²) < 4.78 is 0.566. The van der Waals surface area contributed by atoms with E-state index < -0.39 is 5.97 Å². The van der Waals surface area contributed by atoms with Crippen LogP contribution in [0, 0.1) is 0 Å². The number of halogens is 1. The fraction of sp³-hybridized carbons (Fsp3) is 0.364. The molecule has 1 rings (SSSR count). The summed E-state index contributed by atoms with van der Waals surface area (Å²) in [6.07, 6.45) is 2.01. The Morgan fingerprint density at radius 2 is 2.29 bits per heavy atom. The SMILES string of the molecule is CCC(CC(=O)O)NC(=O)c1ccnc(Br)c1. The van der Waals surface area contributed by atoms with Crippen molar-refractivity contribution in [3.63, 3.8) is 0 Å². The Kier molecular flexibility index (Phi) is 5.09. The Morgan fingerprint density at radius 3 is 2.82 bits per heavy atom. The van der Waals surface area contributed by atoms with Gasteiger partial charge in [0.25, 0.3) is 5.91 Å². The van der Waals surface area contributed by atoms with Crippen molar-refractivity contribution >= 4 is 27.8 Å². The molecule has 0 aromatic carbocycles. The first-order chi connectivity index (χ1) is 8.02. The first kappa shape index (κ1) is 13.6. The Labute approximate surface area is 107 Å². The van der Waals surface area contributed by atoms with E-state index in [1.807, 2.05) is 6.92 Å². The minimum absolute atomic E-state index is 0.0749. The topological polar surface area (TPSA) is 79.3 Å². The van der Waals surface area contributed by atoms with Crippen LogP contribution in [0.15, 0.2) is 22.9 Å². The van der Waals surface area contributed by atoms with E-state index >= 15 is 0 Å². The predicted octanol–water partition coefficient (Wildman–Crippen LogP) is 1.83. The summed E-state index contributed by atoms with van der Waals surface area (Å²) >= 11 is 3.17. The van der Waals surface area contributed by atoms with E-state index in [0.717, 1.165) is 0 Å². The molecule has 6 heteroatoms. The van der Waals surface area contributed by atoms with Gasteiger partial charge in [0.1, 0.15) is 4.60 Å². The molecule has 0 aliphatic carbocycles. The number of aliphatic carboxylic acids is 1. The Balaban J connectivity index is 2.67. The average molecular weight is 301 g/mol. The lowest BCUT2D eigenvalue weighted by Gasteiger charge is -2.14. The molecule has 0 fully saturated rings. The van der Waals surface area contributed by atoms with E-state index in [1.54, 1.807) is 12.1 Å². The molecule has 0 aliphatic rings. The van der Waals surface area contributed by atoms with Crippen LogP contribution in [-0.2, 0) is 4.79 Å². The van der Waals surface area contributed by atoms with Gasteiger partial charge in [-0.3, -0.25) is 9.59 Å². The minimum Gasteiger partial charge on any atom is -0.481 e. The van der Waals surface area contributed by atoms with Gasteiger partial charge in [0, 0.05) is 17.8 Å². The van der Waals surface area contributed by atoms with E-state index in [9.17, 15) is 9.59 Å². The number of carbonyl (C=O) groups is 2. The number of pyridine rings is 1. The second-order valence-corrected chi connectivity index (χ2v) is 4.36. The number of rotatable bonds is 5. The van der Waals surface area contributed by atoms with Gasteiger partial charge >= 0.3 is 5.97 Å². The van der Waals surface area contributed by atoms with Crippen molar-refractivity contribution in [3.05, 3.63) is 28.5 Å². The third-order valence-corrected chi connectivity index (χ3v) is 2.67. The summed E-state index contributed by atoms with van der Waals surface area (Å²) in [5.41, 5.74) is 0.454. The van der Waals surface area contributed by atoms with Crippen LogP contribution < -0.4 is 5.32 Å². The van der Waals surface area contributed by atoms with Gasteiger partial charge in [0.05, 0.1) is 6.42 Å². The summed E-state index contributed by atoms with van der Waals surface area (Å²) in [6.45, 7) is 1.83. The van der Waals surface area contributed by atoms with E-state index in [2.05, 4.69) is 26.2 Å². The van der Waals surface area contributed by atoms with Gasteiger partial charge in [0.15, 0.2) is 0 Å². The molecular weight excluding hydrogens is 288 g/mol. The van der Waals surface area contributed by atoms with E-state index in [-0.39, 0.29) is 18.4 Å². The third-order valence-electron chi connectivity index (χ3n) is 2.24. The maximum absolute atomic E-state index is 11.8. The number of carboxylic acids is 1. The molecular formula is C11H13BrN2O3. The number of nitrogens with one attached hydrogen (secondary N) is 1. The number of nitrogens with zero attached hydrogens (tertiary/aromatic N) is 1. The summed E-state index contributed by atoms with van der Waals surface area (Å²) in [7, 11) is 0. The summed E-state index contributed by atoms with van der Waals surface area (Å²) in [4.78, 5) is 26.3. The van der Waals surface area contributed by atoms with Crippen molar-refractivity contribution in [3.8, 4) is 0 Å². The highest BCUT2D eigenvalue weighted by molar-refractivity contribution is 9.10. The molecule has 17 heavy (non-hydrogen) atoms. The Morgan fingerprint density at radius 1 is 1.59 bits per heavy atom. The van der Waals surface area contributed by atoms with E-state index in [1.165, 1.54) is 6.20 Å². The quantitative estimate of drug-likeness (QED) is 0.813. The van der Waals surface area contributed by atoms with Gasteiger partial charge < -0.3 is 10.4 Å². The lowest BCUT2D eigenvalue weighted by molar-refractivity contribution is -0.137. The lowest BCUT2D eigenvalue weighted by Crippen LogP contribution is -2.36. The monoisotopic (exact) mass is 300 g/mol. The average Bonchev–Trinajstić information content (AvgIpc) is 2.27. The number of carbonyl (C=O) groups excluding carboxylic acids is 1. The molecule has 5 nitrogen and oxygen atoms in total.